The second-order valence-corrected chi connectivity index (χ2v) is 3.28. The lowest BCUT2D eigenvalue weighted by molar-refractivity contribution is 0.356. The summed E-state index contributed by atoms with van der Waals surface area (Å²) in [6.45, 7) is 4.69. The van der Waals surface area contributed by atoms with Gasteiger partial charge in [0.1, 0.15) is 0 Å². The summed E-state index contributed by atoms with van der Waals surface area (Å²) in [6, 6.07) is 0. The van der Waals surface area contributed by atoms with Crippen molar-refractivity contribution in [2.24, 2.45) is 0 Å². The van der Waals surface area contributed by atoms with E-state index in [0.29, 0.717) is 0 Å². The number of hydrogen-bond donors (Lipinski definition) is 0. The largest absolute Gasteiger partial charge is 0.306 e. The van der Waals surface area contributed by atoms with Gasteiger partial charge in [0, 0.05) is 12.3 Å². The van der Waals surface area contributed by atoms with Crippen LogP contribution in [0.25, 0.3) is 0 Å². The molecule has 0 amide bonds. The fourth-order valence-corrected chi connectivity index (χ4v) is 1.23. The average Bonchev–Trinajstić information content (AvgIpc) is 1.85. The predicted octanol–water partition coefficient (Wildman–Crippen LogP) is 1.69. The van der Waals surface area contributed by atoms with Gasteiger partial charge < -0.3 is 4.90 Å². The summed E-state index contributed by atoms with van der Waals surface area (Å²) < 4.78 is 0. The smallest absolute Gasteiger partial charge is 0.00692 e. The van der Waals surface area contributed by atoms with Crippen LogP contribution in [0, 0.1) is 0 Å². The van der Waals surface area contributed by atoms with Gasteiger partial charge in [0.25, 0.3) is 0 Å². The number of rotatable bonds is 5. The van der Waals surface area contributed by atoms with Crippen molar-refractivity contribution < 1.29 is 0 Å². The molecule has 0 bridgehead atoms. The molecule has 0 unspecified atom stereocenters. The summed E-state index contributed by atoms with van der Waals surface area (Å²) >= 11 is 1.91. The van der Waals surface area contributed by atoms with Crippen LogP contribution in [0.5, 0.6) is 0 Å². The molecule has 0 aliphatic heterocycles. The van der Waals surface area contributed by atoms with Crippen molar-refractivity contribution in [3.63, 3.8) is 0 Å². The van der Waals surface area contributed by atoms with Gasteiger partial charge in [0.15, 0.2) is 0 Å². The van der Waals surface area contributed by atoms with Crippen molar-refractivity contribution in [1.82, 2.24) is 4.90 Å². The molecule has 0 radical (unpaired) electrons. The molecule has 9 heavy (non-hydrogen) atoms. The third-order valence-electron chi connectivity index (χ3n) is 1.28. The molecule has 0 N–H and O–H groups in total. The Kier molecular flexibility index (Phi) is 6.65. The highest BCUT2D eigenvalue weighted by Crippen LogP contribution is 1.93. The van der Waals surface area contributed by atoms with Gasteiger partial charge in [-0.25, -0.2) is 0 Å². The SMILES string of the molecule is CCCN(C)CCSC. The van der Waals surface area contributed by atoms with Crippen molar-refractivity contribution >= 4 is 11.8 Å². The van der Waals surface area contributed by atoms with E-state index in [1.807, 2.05) is 11.8 Å². The van der Waals surface area contributed by atoms with Crippen LogP contribution in [0.4, 0.5) is 0 Å². The van der Waals surface area contributed by atoms with Gasteiger partial charge in [-0.1, -0.05) is 6.92 Å². The van der Waals surface area contributed by atoms with Gasteiger partial charge in [-0.3, -0.25) is 0 Å². The second kappa shape index (κ2) is 6.43. The van der Waals surface area contributed by atoms with Crippen LogP contribution >= 0.6 is 11.8 Å². The first kappa shape index (κ1) is 9.31. The van der Waals surface area contributed by atoms with Crippen LogP contribution in [0.3, 0.4) is 0 Å². The minimum Gasteiger partial charge on any atom is -0.306 e. The average molecular weight is 147 g/mol. The van der Waals surface area contributed by atoms with Crippen molar-refractivity contribution in [1.29, 1.82) is 0 Å². The van der Waals surface area contributed by atoms with E-state index >= 15 is 0 Å². The molecule has 56 valence electrons. The van der Waals surface area contributed by atoms with E-state index in [1.54, 1.807) is 0 Å². The topological polar surface area (TPSA) is 3.24 Å². The highest BCUT2D eigenvalue weighted by Gasteiger charge is 1.92. The van der Waals surface area contributed by atoms with E-state index in [1.165, 1.54) is 25.3 Å². The zero-order valence-corrected chi connectivity index (χ0v) is 7.50. The van der Waals surface area contributed by atoms with Crippen molar-refractivity contribution in [3.05, 3.63) is 0 Å². The Morgan fingerprint density at radius 2 is 2.00 bits per heavy atom. The maximum absolute atomic E-state index is 2.37. The molecule has 0 saturated heterocycles. The molecule has 2 heteroatoms. The third-order valence-corrected chi connectivity index (χ3v) is 1.87. The molecule has 0 aliphatic rings. The van der Waals surface area contributed by atoms with Crippen LogP contribution in [-0.4, -0.2) is 37.0 Å². The van der Waals surface area contributed by atoms with Gasteiger partial charge in [0.05, 0.1) is 0 Å². The lowest BCUT2D eigenvalue weighted by atomic mass is 10.4. The highest BCUT2D eigenvalue weighted by atomic mass is 32.2. The highest BCUT2D eigenvalue weighted by molar-refractivity contribution is 7.98. The summed E-state index contributed by atoms with van der Waals surface area (Å²) in [5.41, 5.74) is 0. The molecule has 0 saturated carbocycles. The summed E-state index contributed by atoms with van der Waals surface area (Å²) in [4.78, 5) is 2.37. The number of thioether (sulfide) groups is 1. The van der Waals surface area contributed by atoms with E-state index in [-0.39, 0.29) is 0 Å². The zero-order chi connectivity index (χ0) is 7.11. The maximum atomic E-state index is 2.37. The molecular formula is C7H17NS. The van der Waals surface area contributed by atoms with Crippen LogP contribution < -0.4 is 0 Å². The number of hydrogen-bond acceptors (Lipinski definition) is 2. The molecule has 0 spiro atoms. The molecule has 0 rings (SSSR count). The Labute approximate surface area is 62.8 Å². The zero-order valence-electron chi connectivity index (χ0n) is 6.68. The normalized spacial score (nSPS) is 10.7. The quantitative estimate of drug-likeness (QED) is 0.582. The standard InChI is InChI=1S/C7H17NS/c1-4-5-8(2)6-7-9-3/h4-7H2,1-3H3. The van der Waals surface area contributed by atoms with Crippen molar-refractivity contribution in [2.45, 2.75) is 13.3 Å². The van der Waals surface area contributed by atoms with Gasteiger partial charge in [-0.15, -0.1) is 0 Å². The minimum atomic E-state index is 1.23. The summed E-state index contributed by atoms with van der Waals surface area (Å²) in [5.74, 6) is 1.26. The molecule has 0 aromatic carbocycles. The first-order chi connectivity index (χ1) is 4.31. The van der Waals surface area contributed by atoms with Gasteiger partial charge in [0.2, 0.25) is 0 Å². The molecule has 0 heterocycles. The predicted molar refractivity (Wildman–Crippen MR) is 46.2 cm³/mol. The van der Waals surface area contributed by atoms with Gasteiger partial charge in [-0.2, -0.15) is 11.8 Å². The Balaban J connectivity index is 2.95. The minimum absolute atomic E-state index is 1.23. The molecule has 0 aromatic rings. The Bertz CT molecular complexity index is 56.9. The molecule has 0 aliphatic carbocycles. The fraction of sp³-hybridized carbons (Fsp3) is 1.00. The van der Waals surface area contributed by atoms with E-state index in [2.05, 4.69) is 25.1 Å². The lowest BCUT2D eigenvalue weighted by Gasteiger charge is -2.13. The maximum Gasteiger partial charge on any atom is 0.00692 e. The molecular weight excluding hydrogens is 130 g/mol. The van der Waals surface area contributed by atoms with Gasteiger partial charge in [-0.05, 0) is 26.3 Å². The third kappa shape index (κ3) is 6.19. The second-order valence-electron chi connectivity index (χ2n) is 2.30. The first-order valence-electron chi connectivity index (χ1n) is 3.48. The Morgan fingerprint density at radius 1 is 1.33 bits per heavy atom. The molecule has 0 fully saturated rings. The Morgan fingerprint density at radius 3 is 2.44 bits per heavy atom. The van der Waals surface area contributed by atoms with Crippen molar-refractivity contribution in [3.8, 4) is 0 Å². The van der Waals surface area contributed by atoms with Crippen LogP contribution in [0.15, 0.2) is 0 Å². The van der Waals surface area contributed by atoms with Gasteiger partial charge >= 0.3 is 0 Å². The summed E-state index contributed by atoms with van der Waals surface area (Å²) in [5, 5.41) is 0. The Hall–Kier alpha value is 0.310. The van der Waals surface area contributed by atoms with E-state index in [9.17, 15) is 0 Å². The lowest BCUT2D eigenvalue weighted by Crippen LogP contribution is -2.21. The molecule has 0 atom stereocenters. The van der Waals surface area contributed by atoms with Crippen LogP contribution in [-0.2, 0) is 0 Å². The summed E-state index contributed by atoms with van der Waals surface area (Å²) in [7, 11) is 2.18. The van der Waals surface area contributed by atoms with Crippen molar-refractivity contribution in [2.75, 3.05) is 32.1 Å². The fourth-order valence-electron chi connectivity index (χ4n) is 0.741. The first-order valence-corrected chi connectivity index (χ1v) is 4.88. The van der Waals surface area contributed by atoms with E-state index in [4.69, 9.17) is 0 Å². The van der Waals surface area contributed by atoms with Crippen LogP contribution in [0.1, 0.15) is 13.3 Å². The monoisotopic (exact) mass is 147 g/mol. The number of nitrogens with zero attached hydrogens (tertiary/aromatic N) is 1. The molecule has 0 aromatic heterocycles. The van der Waals surface area contributed by atoms with E-state index < -0.39 is 0 Å². The van der Waals surface area contributed by atoms with Crippen LogP contribution in [0.2, 0.25) is 0 Å². The summed E-state index contributed by atoms with van der Waals surface area (Å²) in [6.07, 6.45) is 3.42. The molecule has 1 nitrogen and oxygen atoms in total. The van der Waals surface area contributed by atoms with E-state index in [0.717, 1.165) is 0 Å².